The first-order chi connectivity index (χ1) is 9.76. The third-order valence-electron chi connectivity index (χ3n) is 2.84. The van der Waals surface area contributed by atoms with Crippen LogP contribution in [0.5, 0.6) is 0 Å². The zero-order valence-corrected chi connectivity index (χ0v) is 12.3. The van der Waals surface area contributed by atoms with Crippen LogP contribution in [0.15, 0.2) is 53.0 Å². The molecule has 2 heterocycles. The molecule has 3 rings (SSSR count). The molecule has 2 nitrogen and oxygen atoms in total. The number of nitrogens with zero attached hydrogens (tertiary/aromatic N) is 2. The predicted octanol–water partition coefficient (Wildman–Crippen LogP) is 4.73. The number of hydrogen-bond acceptors (Lipinski definition) is 4. The topological polar surface area (TPSA) is 25.8 Å². The fourth-order valence-corrected chi connectivity index (χ4v) is 3.05. The quantitative estimate of drug-likeness (QED) is 0.654. The van der Waals surface area contributed by atoms with E-state index in [2.05, 4.69) is 9.97 Å². The predicted molar refractivity (Wildman–Crippen MR) is 82.5 cm³/mol. The van der Waals surface area contributed by atoms with Gasteiger partial charge in [0.2, 0.25) is 0 Å². The number of halogens is 1. The molecule has 0 atom stereocenters. The van der Waals surface area contributed by atoms with Gasteiger partial charge < -0.3 is 0 Å². The van der Waals surface area contributed by atoms with Gasteiger partial charge in [0.05, 0.1) is 10.7 Å². The molecule has 20 heavy (non-hydrogen) atoms. The van der Waals surface area contributed by atoms with Crippen molar-refractivity contribution in [2.24, 2.45) is 0 Å². The van der Waals surface area contributed by atoms with E-state index in [1.165, 1.54) is 12.1 Å². The number of aromatic nitrogens is 2. The van der Waals surface area contributed by atoms with E-state index in [1.54, 1.807) is 41.4 Å². The Labute approximate surface area is 124 Å². The summed E-state index contributed by atoms with van der Waals surface area (Å²) < 4.78 is 12.9. The van der Waals surface area contributed by atoms with Crippen molar-refractivity contribution in [3.8, 4) is 21.8 Å². The SMILES string of the molecule is CSc1cc(-c2nc(-c3ccc(F)cc3)cs2)ccn1. The summed E-state index contributed by atoms with van der Waals surface area (Å²) in [5, 5.41) is 3.91. The van der Waals surface area contributed by atoms with Gasteiger partial charge in [-0.1, -0.05) is 0 Å². The smallest absolute Gasteiger partial charge is 0.124 e. The highest BCUT2D eigenvalue weighted by Gasteiger charge is 2.07. The first-order valence-corrected chi connectivity index (χ1v) is 8.08. The summed E-state index contributed by atoms with van der Waals surface area (Å²) in [6.45, 7) is 0. The van der Waals surface area contributed by atoms with E-state index in [4.69, 9.17) is 0 Å². The molecule has 5 heteroatoms. The zero-order valence-electron chi connectivity index (χ0n) is 10.7. The summed E-state index contributed by atoms with van der Waals surface area (Å²) >= 11 is 3.19. The minimum absolute atomic E-state index is 0.233. The molecule has 0 spiro atoms. The van der Waals surface area contributed by atoms with E-state index in [9.17, 15) is 4.39 Å². The Hall–Kier alpha value is -1.72. The first kappa shape index (κ1) is 13.3. The molecule has 3 aromatic rings. The molecule has 0 saturated carbocycles. The largest absolute Gasteiger partial charge is 0.250 e. The summed E-state index contributed by atoms with van der Waals surface area (Å²) in [7, 11) is 0. The first-order valence-electron chi connectivity index (χ1n) is 5.98. The number of thioether (sulfide) groups is 1. The third kappa shape index (κ3) is 2.73. The van der Waals surface area contributed by atoms with E-state index >= 15 is 0 Å². The molecule has 0 N–H and O–H groups in total. The molecule has 0 aliphatic carbocycles. The van der Waals surface area contributed by atoms with Crippen molar-refractivity contribution < 1.29 is 4.39 Å². The highest BCUT2D eigenvalue weighted by molar-refractivity contribution is 7.98. The van der Waals surface area contributed by atoms with Gasteiger partial charge in [-0.15, -0.1) is 23.1 Å². The van der Waals surface area contributed by atoms with Crippen molar-refractivity contribution in [1.82, 2.24) is 9.97 Å². The number of benzene rings is 1. The second-order valence-electron chi connectivity index (χ2n) is 4.13. The molecule has 0 amide bonds. The van der Waals surface area contributed by atoms with Crippen LogP contribution >= 0.6 is 23.1 Å². The van der Waals surface area contributed by atoms with E-state index in [0.29, 0.717) is 0 Å². The minimum Gasteiger partial charge on any atom is -0.250 e. The molecular formula is C15H11FN2S2. The number of thiazole rings is 1. The summed E-state index contributed by atoms with van der Waals surface area (Å²) in [4.78, 5) is 8.87. The van der Waals surface area contributed by atoms with Crippen molar-refractivity contribution in [3.05, 3.63) is 53.8 Å². The maximum atomic E-state index is 12.9. The van der Waals surface area contributed by atoms with Crippen LogP contribution in [0.25, 0.3) is 21.8 Å². The van der Waals surface area contributed by atoms with Gasteiger partial charge in [0.1, 0.15) is 10.8 Å². The molecule has 100 valence electrons. The Bertz CT molecular complexity index is 723. The number of rotatable bonds is 3. The van der Waals surface area contributed by atoms with Crippen LogP contribution in [0.2, 0.25) is 0 Å². The fourth-order valence-electron chi connectivity index (χ4n) is 1.81. The van der Waals surface area contributed by atoms with Crippen molar-refractivity contribution in [3.63, 3.8) is 0 Å². The van der Waals surface area contributed by atoms with Crippen LogP contribution in [-0.2, 0) is 0 Å². The van der Waals surface area contributed by atoms with Gasteiger partial charge in [-0.3, -0.25) is 0 Å². The minimum atomic E-state index is -0.233. The summed E-state index contributed by atoms with van der Waals surface area (Å²) in [6.07, 6.45) is 3.79. The second kappa shape index (κ2) is 5.73. The molecule has 0 radical (unpaired) electrons. The summed E-state index contributed by atoms with van der Waals surface area (Å²) in [6, 6.07) is 10.4. The fraction of sp³-hybridized carbons (Fsp3) is 0.0667. The van der Waals surface area contributed by atoms with Crippen molar-refractivity contribution >= 4 is 23.1 Å². The molecule has 1 aromatic carbocycles. The second-order valence-corrected chi connectivity index (χ2v) is 5.82. The van der Waals surface area contributed by atoms with Gasteiger partial charge in [0.15, 0.2) is 0 Å². The average molecular weight is 302 g/mol. The highest BCUT2D eigenvalue weighted by atomic mass is 32.2. The maximum absolute atomic E-state index is 12.9. The molecule has 0 saturated heterocycles. The Kier molecular flexibility index (Phi) is 3.80. The molecule has 0 unspecified atom stereocenters. The monoisotopic (exact) mass is 302 g/mol. The van der Waals surface area contributed by atoms with Crippen molar-refractivity contribution in [2.75, 3.05) is 6.26 Å². The standard InChI is InChI=1S/C15H11FN2S2/c1-19-14-8-11(6-7-17-14)15-18-13(9-20-15)10-2-4-12(16)5-3-10/h2-9H,1H3. The zero-order chi connectivity index (χ0) is 13.9. The van der Waals surface area contributed by atoms with E-state index in [1.807, 2.05) is 23.8 Å². The molecule has 0 aliphatic rings. The molecule has 0 fully saturated rings. The van der Waals surface area contributed by atoms with E-state index in [-0.39, 0.29) is 5.82 Å². The van der Waals surface area contributed by atoms with E-state index in [0.717, 1.165) is 26.9 Å². The number of pyridine rings is 1. The highest BCUT2D eigenvalue weighted by Crippen LogP contribution is 2.30. The van der Waals surface area contributed by atoms with Gasteiger partial charge in [-0.05, 0) is 42.7 Å². The van der Waals surface area contributed by atoms with Crippen LogP contribution in [0.4, 0.5) is 4.39 Å². The van der Waals surface area contributed by atoms with Crippen LogP contribution in [0, 0.1) is 5.82 Å². The summed E-state index contributed by atoms with van der Waals surface area (Å²) in [5.74, 6) is -0.233. The van der Waals surface area contributed by atoms with Gasteiger partial charge in [-0.2, -0.15) is 0 Å². The normalized spacial score (nSPS) is 10.7. The van der Waals surface area contributed by atoms with Gasteiger partial charge in [0, 0.05) is 22.7 Å². The molecular weight excluding hydrogens is 291 g/mol. The Balaban J connectivity index is 1.95. The third-order valence-corrected chi connectivity index (χ3v) is 4.37. The molecule has 2 aromatic heterocycles. The van der Waals surface area contributed by atoms with Crippen LogP contribution in [-0.4, -0.2) is 16.2 Å². The molecule has 0 aliphatic heterocycles. The van der Waals surface area contributed by atoms with Crippen molar-refractivity contribution in [1.29, 1.82) is 0 Å². The number of hydrogen-bond donors (Lipinski definition) is 0. The van der Waals surface area contributed by atoms with E-state index < -0.39 is 0 Å². The van der Waals surface area contributed by atoms with Crippen LogP contribution in [0.1, 0.15) is 0 Å². The Morgan fingerprint density at radius 2 is 1.90 bits per heavy atom. The lowest BCUT2D eigenvalue weighted by Gasteiger charge is -1.99. The van der Waals surface area contributed by atoms with Gasteiger partial charge >= 0.3 is 0 Å². The van der Waals surface area contributed by atoms with Crippen LogP contribution in [0.3, 0.4) is 0 Å². The Morgan fingerprint density at radius 1 is 1.10 bits per heavy atom. The lowest BCUT2D eigenvalue weighted by Crippen LogP contribution is -1.83. The average Bonchev–Trinajstić information content (AvgIpc) is 2.98. The maximum Gasteiger partial charge on any atom is 0.124 e. The lowest BCUT2D eigenvalue weighted by molar-refractivity contribution is 0.628. The summed E-state index contributed by atoms with van der Waals surface area (Å²) in [5.41, 5.74) is 2.85. The Morgan fingerprint density at radius 3 is 2.65 bits per heavy atom. The van der Waals surface area contributed by atoms with Crippen LogP contribution < -0.4 is 0 Å². The van der Waals surface area contributed by atoms with Gasteiger partial charge in [0.25, 0.3) is 0 Å². The van der Waals surface area contributed by atoms with Crippen molar-refractivity contribution in [2.45, 2.75) is 5.03 Å². The lowest BCUT2D eigenvalue weighted by atomic mass is 10.2. The molecule has 0 bridgehead atoms. The van der Waals surface area contributed by atoms with Gasteiger partial charge in [-0.25, -0.2) is 14.4 Å².